The van der Waals surface area contributed by atoms with E-state index in [0.717, 1.165) is 55.7 Å². The Morgan fingerprint density at radius 1 is 0.886 bits per heavy atom. The molecule has 1 radical (unpaired) electrons. The molecule has 1 heterocycles. The van der Waals surface area contributed by atoms with E-state index in [9.17, 15) is 9.59 Å². The van der Waals surface area contributed by atoms with Crippen LogP contribution in [0.2, 0.25) is 0 Å². The fourth-order valence-corrected chi connectivity index (χ4v) is 6.24. The van der Waals surface area contributed by atoms with E-state index < -0.39 is 0 Å². The van der Waals surface area contributed by atoms with Gasteiger partial charge in [0, 0.05) is 50.4 Å². The number of likely N-dealkylation sites (tertiary alicyclic amines) is 1. The number of hydrogen-bond donors (Lipinski definition) is 1. The van der Waals surface area contributed by atoms with Crippen LogP contribution in [-0.2, 0) is 48.8 Å². The van der Waals surface area contributed by atoms with Crippen LogP contribution in [0.1, 0.15) is 68.1 Å². The van der Waals surface area contributed by atoms with Crippen molar-refractivity contribution < 1.29 is 46.8 Å². The number of carbonyl (C=O) groups is 2. The number of carbonyl (C=O) groups excluding carboxylic acids is 2. The van der Waals surface area contributed by atoms with Gasteiger partial charge in [-0.2, -0.15) is 0 Å². The molecule has 2 aliphatic rings. The molecule has 4 nitrogen and oxygen atoms in total. The maximum absolute atomic E-state index is 13.4. The number of nitrogens with zero attached hydrogens (tertiary/aromatic N) is 1. The third kappa shape index (κ3) is 7.81. The molecule has 2 aromatic rings. The Labute approximate surface area is 236 Å². The van der Waals surface area contributed by atoms with E-state index in [1.807, 2.05) is 38.1 Å². The molecule has 2 aromatic carbocycles. The number of piperidine rings is 1. The smallest absolute Gasteiger partial charge is 0.279 e. The predicted octanol–water partition coefficient (Wildman–Crippen LogP) is 6.21. The van der Waals surface area contributed by atoms with Crippen LogP contribution in [0, 0.1) is 25.7 Å². The van der Waals surface area contributed by atoms with E-state index in [2.05, 4.69) is 29.6 Å². The molecule has 2 atom stereocenters. The van der Waals surface area contributed by atoms with Gasteiger partial charge in [-0.3, -0.25) is 9.59 Å². The van der Waals surface area contributed by atoms with Gasteiger partial charge < -0.3 is 9.80 Å². The van der Waals surface area contributed by atoms with E-state index in [1.54, 1.807) is 0 Å². The molecular weight excluding hydrogens is 509 g/mol. The molecule has 2 unspecified atom stereocenters. The molecule has 1 amide bonds. The molecule has 0 spiro atoms. The average Bonchev–Trinajstić information content (AvgIpc) is 2.83. The summed E-state index contributed by atoms with van der Waals surface area (Å²) in [6.45, 7) is 7.02. The second-order valence-corrected chi connectivity index (χ2v) is 10.9. The molecule has 185 valence electrons. The summed E-state index contributed by atoms with van der Waals surface area (Å²) in [5.74, 6) is 1.14. The SMILES string of the molecule is Cc1cccc(C)c1NC(=O)C[N+]1(Cc2ccccc2)CCCC(C(=O)CC2CCCCC2)C1.[Y]. The van der Waals surface area contributed by atoms with E-state index >= 15 is 0 Å². The second-order valence-electron chi connectivity index (χ2n) is 10.9. The van der Waals surface area contributed by atoms with Gasteiger partial charge in [-0.05, 0) is 43.7 Å². The molecule has 4 rings (SSSR count). The zero-order chi connectivity index (χ0) is 24.0. The monoisotopic (exact) mass is 550 g/mol. The van der Waals surface area contributed by atoms with Crippen molar-refractivity contribution in [1.29, 1.82) is 0 Å². The van der Waals surface area contributed by atoms with Gasteiger partial charge in [-0.15, -0.1) is 0 Å². The third-order valence-electron chi connectivity index (χ3n) is 8.05. The summed E-state index contributed by atoms with van der Waals surface area (Å²) in [7, 11) is 0. The van der Waals surface area contributed by atoms with Crippen molar-refractivity contribution in [2.75, 3.05) is 25.0 Å². The molecule has 0 bridgehead atoms. The number of nitrogens with one attached hydrogen (secondary N) is 1. The standard InChI is InChI=1S/C30H40N2O2.Y/c1-23-11-9-12-24(2)30(23)31-29(34)22-32(20-26-15-7-4-8-16-26)18-10-17-27(21-32)28(33)19-25-13-5-3-6-14-25;/h4,7-9,11-12,15-16,25,27H,3,5-6,10,13-14,17-22H2,1-2H3;/p+1. The Balaban J connectivity index is 0.00000342. The van der Waals surface area contributed by atoms with Crippen LogP contribution in [-0.4, -0.2) is 35.8 Å². The van der Waals surface area contributed by atoms with Crippen molar-refractivity contribution in [2.45, 2.75) is 71.8 Å². The number of aryl methyl sites for hydroxylation is 2. The van der Waals surface area contributed by atoms with Crippen molar-refractivity contribution in [2.24, 2.45) is 11.8 Å². The summed E-state index contributed by atoms with van der Waals surface area (Å²) < 4.78 is 0.669. The van der Waals surface area contributed by atoms with Crippen LogP contribution >= 0.6 is 0 Å². The largest absolute Gasteiger partial charge is 0.321 e. The van der Waals surface area contributed by atoms with Gasteiger partial charge in [-0.25, -0.2) is 0 Å². The normalized spacial score (nSPS) is 22.7. The first-order chi connectivity index (χ1) is 16.4. The molecule has 2 fully saturated rings. The number of benzene rings is 2. The van der Waals surface area contributed by atoms with Crippen LogP contribution in [0.3, 0.4) is 0 Å². The number of amides is 1. The quantitative estimate of drug-likeness (QED) is 0.398. The molecule has 1 aliphatic carbocycles. The Hall–Kier alpha value is -1.36. The third-order valence-corrected chi connectivity index (χ3v) is 8.05. The van der Waals surface area contributed by atoms with Crippen molar-refractivity contribution in [3.05, 3.63) is 65.2 Å². The number of rotatable bonds is 8. The minimum absolute atomic E-state index is 0. The Bertz CT molecular complexity index is 967. The fraction of sp³-hybridized carbons (Fsp3) is 0.533. The fourth-order valence-electron chi connectivity index (χ4n) is 6.24. The van der Waals surface area contributed by atoms with Gasteiger partial charge in [-0.1, -0.05) is 80.6 Å². The Morgan fingerprint density at radius 3 is 2.26 bits per heavy atom. The van der Waals surface area contributed by atoms with Gasteiger partial charge in [0.1, 0.15) is 12.3 Å². The summed E-state index contributed by atoms with van der Waals surface area (Å²) in [6, 6.07) is 16.6. The first-order valence-electron chi connectivity index (χ1n) is 13.2. The van der Waals surface area contributed by atoms with Gasteiger partial charge in [0.15, 0.2) is 6.54 Å². The number of para-hydroxylation sites is 1. The Kier molecular flexibility index (Phi) is 10.7. The van der Waals surface area contributed by atoms with Gasteiger partial charge >= 0.3 is 0 Å². The summed E-state index contributed by atoms with van der Waals surface area (Å²) in [5.41, 5.74) is 4.33. The molecule has 1 saturated carbocycles. The van der Waals surface area contributed by atoms with Crippen molar-refractivity contribution in [1.82, 2.24) is 0 Å². The van der Waals surface area contributed by atoms with E-state index in [-0.39, 0.29) is 44.5 Å². The van der Waals surface area contributed by atoms with E-state index in [1.165, 1.54) is 37.7 Å². The second kappa shape index (κ2) is 13.3. The summed E-state index contributed by atoms with van der Waals surface area (Å²) in [6.07, 6.45) is 9.00. The predicted molar refractivity (Wildman–Crippen MR) is 138 cm³/mol. The number of hydrogen-bond acceptors (Lipinski definition) is 2. The van der Waals surface area contributed by atoms with Gasteiger partial charge in [0.25, 0.3) is 5.91 Å². The first kappa shape index (κ1) is 28.2. The average molecular weight is 551 g/mol. The number of anilines is 1. The molecule has 0 aromatic heterocycles. The summed E-state index contributed by atoms with van der Waals surface area (Å²) >= 11 is 0. The Morgan fingerprint density at radius 2 is 1.57 bits per heavy atom. The minimum atomic E-state index is 0. The molecule has 1 aliphatic heterocycles. The summed E-state index contributed by atoms with van der Waals surface area (Å²) in [5, 5.41) is 3.21. The van der Waals surface area contributed by atoms with Gasteiger partial charge in [0.2, 0.25) is 0 Å². The zero-order valence-electron chi connectivity index (χ0n) is 21.6. The topological polar surface area (TPSA) is 46.2 Å². The number of Topliss-reactive ketones (excluding diaryl/α,β-unsaturated/α-hetero) is 1. The maximum Gasteiger partial charge on any atom is 0.279 e. The molecule has 1 saturated heterocycles. The van der Waals surface area contributed by atoms with Crippen molar-refractivity contribution >= 4 is 17.4 Å². The van der Waals surface area contributed by atoms with Crippen molar-refractivity contribution in [3.63, 3.8) is 0 Å². The van der Waals surface area contributed by atoms with Crippen LogP contribution in [0.25, 0.3) is 0 Å². The molecular formula is C30H41N2O2Y+. The van der Waals surface area contributed by atoms with E-state index in [4.69, 9.17) is 0 Å². The minimum Gasteiger partial charge on any atom is -0.321 e. The van der Waals surface area contributed by atoms with Crippen molar-refractivity contribution in [3.8, 4) is 0 Å². The maximum atomic E-state index is 13.4. The van der Waals surface area contributed by atoms with Gasteiger partial charge in [0.05, 0.1) is 19.0 Å². The number of quaternary nitrogens is 1. The zero-order valence-corrected chi connectivity index (χ0v) is 24.4. The van der Waals surface area contributed by atoms with Crippen LogP contribution < -0.4 is 5.32 Å². The number of ketones is 1. The van der Waals surface area contributed by atoms with Crippen LogP contribution in [0.5, 0.6) is 0 Å². The summed E-state index contributed by atoms with van der Waals surface area (Å²) in [4.78, 5) is 26.7. The molecule has 5 heteroatoms. The molecule has 1 N–H and O–H groups in total. The first-order valence-corrected chi connectivity index (χ1v) is 13.2. The van der Waals surface area contributed by atoms with E-state index in [0.29, 0.717) is 22.7 Å². The van der Waals surface area contributed by atoms with Crippen LogP contribution in [0.4, 0.5) is 5.69 Å². The molecule has 35 heavy (non-hydrogen) atoms. The van der Waals surface area contributed by atoms with Crippen LogP contribution in [0.15, 0.2) is 48.5 Å².